The minimum absolute atomic E-state index is 0.588. The Hall–Kier alpha value is -0.710. The lowest BCUT2D eigenvalue weighted by Crippen LogP contribution is -2.53. The van der Waals surface area contributed by atoms with Gasteiger partial charge in [0.15, 0.2) is 11.4 Å². The maximum absolute atomic E-state index is 10.9. The van der Waals surface area contributed by atoms with Crippen molar-refractivity contribution in [3.05, 3.63) is 12.2 Å². The topological polar surface area (TPSA) is 77.8 Å². The standard InChI is InChI=1S/C7H10O4/c1-7(11)5(9)3-2-4(8)6(7)10/h2-4,6,8,10-11H,1H3/t4-,6-,7-/m0/s1. The summed E-state index contributed by atoms with van der Waals surface area (Å²) in [4.78, 5) is 10.9. The van der Waals surface area contributed by atoms with E-state index < -0.39 is 23.6 Å². The molecule has 62 valence electrons. The van der Waals surface area contributed by atoms with Crippen LogP contribution in [-0.4, -0.2) is 38.9 Å². The summed E-state index contributed by atoms with van der Waals surface area (Å²) in [5, 5.41) is 27.4. The van der Waals surface area contributed by atoms with E-state index in [1.54, 1.807) is 0 Å². The Kier molecular flexibility index (Phi) is 1.83. The molecule has 0 saturated carbocycles. The smallest absolute Gasteiger partial charge is 0.189 e. The summed E-state index contributed by atoms with van der Waals surface area (Å²) in [7, 11) is 0. The predicted molar refractivity (Wildman–Crippen MR) is 36.8 cm³/mol. The van der Waals surface area contributed by atoms with Gasteiger partial charge in [-0.05, 0) is 19.1 Å². The molecule has 0 saturated heterocycles. The van der Waals surface area contributed by atoms with Crippen LogP contribution in [0.4, 0.5) is 0 Å². The van der Waals surface area contributed by atoms with E-state index in [2.05, 4.69) is 0 Å². The molecule has 0 spiro atoms. The van der Waals surface area contributed by atoms with Gasteiger partial charge in [-0.1, -0.05) is 0 Å². The molecule has 0 bridgehead atoms. The maximum atomic E-state index is 10.9. The van der Waals surface area contributed by atoms with Crippen LogP contribution in [0.15, 0.2) is 12.2 Å². The summed E-state index contributed by atoms with van der Waals surface area (Å²) in [6.07, 6.45) is -0.370. The third kappa shape index (κ3) is 1.20. The molecule has 1 rings (SSSR count). The molecule has 11 heavy (non-hydrogen) atoms. The Morgan fingerprint density at radius 1 is 1.55 bits per heavy atom. The predicted octanol–water partition coefficient (Wildman–Crippen LogP) is -1.40. The zero-order chi connectivity index (χ0) is 8.65. The molecule has 1 aliphatic carbocycles. The van der Waals surface area contributed by atoms with Crippen LogP contribution < -0.4 is 0 Å². The molecule has 0 heterocycles. The second-order valence-electron chi connectivity index (χ2n) is 2.81. The van der Waals surface area contributed by atoms with Crippen molar-refractivity contribution in [2.24, 2.45) is 0 Å². The molecule has 0 unspecified atom stereocenters. The van der Waals surface area contributed by atoms with Gasteiger partial charge in [0.2, 0.25) is 0 Å². The number of carbonyl (C=O) groups excluding carboxylic acids is 1. The van der Waals surface area contributed by atoms with E-state index >= 15 is 0 Å². The molecule has 0 radical (unpaired) electrons. The van der Waals surface area contributed by atoms with Gasteiger partial charge in [0.25, 0.3) is 0 Å². The molecule has 0 aliphatic heterocycles. The van der Waals surface area contributed by atoms with E-state index in [4.69, 9.17) is 10.2 Å². The lowest BCUT2D eigenvalue weighted by Gasteiger charge is -2.31. The number of rotatable bonds is 0. The highest BCUT2D eigenvalue weighted by atomic mass is 16.4. The van der Waals surface area contributed by atoms with Gasteiger partial charge in [0, 0.05) is 0 Å². The zero-order valence-electron chi connectivity index (χ0n) is 6.06. The normalized spacial score (nSPS) is 44.5. The minimum Gasteiger partial charge on any atom is -0.387 e. The Morgan fingerprint density at radius 3 is 2.55 bits per heavy atom. The van der Waals surface area contributed by atoms with Crippen LogP contribution >= 0.6 is 0 Å². The summed E-state index contributed by atoms with van der Waals surface area (Å²) < 4.78 is 0. The van der Waals surface area contributed by atoms with Crippen molar-refractivity contribution < 1.29 is 20.1 Å². The highest BCUT2D eigenvalue weighted by molar-refractivity contribution is 5.98. The monoisotopic (exact) mass is 158 g/mol. The van der Waals surface area contributed by atoms with Crippen molar-refractivity contribution >= 4 is 5.78 Å². The van der Waals surface area contributed by atoms with Gasteiger partial charge >= 0.3 is 0 Å². The van der Waals surface area contributed by atoms with Crippen LogP contribution in [0.1, 0.15) is 6.92 Å². The minimum atomic E-state index is -1.85. The molecule has 1 aliphatic rings. The molecule has 3 atom stereocenters. The Morgan fingerprint density at radius 2 is 2.09 bits per heavy atom. The molecule has 0 aromatic rings. The Labute approximate surface area is 63.8 Å². The number of ketones is 1. The maximum Gasteiger partial charge on any atom is 0.189 e. The lowest BCUT2D eigenvalue weighted by atomic mass is 9.85. The van der Waals surface area contributed by atoms with Crippen LogP contribution in [0.2, 0.25) is 0 Å². The first-order chi connectivity index (χ1) is 4.96. The average Bonchev–Trinajstić information content (AvgIpc) is 1.95. The fourth-order valence-electron chi connectivity index (χ4n) is 0.938. The van der Waals surface area contributed by atoms with E-state index in [0.29, 0.717) is 0 Å². The van der Waals surface area contributed by atoms with E-state index in [1.807, 2.05) is 0 Å². The fraction of sp³-hybridized carbons (Fsp3) is 0.571. The van der Waals surface area contributed by atoms with E-state index in [0.717, 1.165) is 12.2 Å². The SMILES string of the molecule is C[C@]1(O)C(=O)C=C[C@H](O)[C@@H]1O. The molecule has 0 amide bonds. The lowest BCUT2D eigenvalue weighted by molar-refractivity contribution is -0.152. The van der Waals surface area contributed by atoms with Crippen LogP contribution in [0.3, 0.4) is 0 Å². The number of carbonyl (C=O) groups is 1. The molecule has 3 N–H and O–H groups in total. The fourth-order valence-corrected chi connectivity index (χ4v) is 0.938. The number of hydrogen-bond acceptors (Lipinski definition) is 4. The summed E-state index contributed by atoms with van der Waals surface area (Å²) >= 11 is 0. The number of aliphatic hydroxyl groups excluding tert-OH is 2. The number of hydrogen-bond donors (Lipinski definition) is 3. The van der Waals surface area contributed by atoms with Gasteiger partial charge in [0.05, 0.1) is 0 Å². The molecule has 4 heteroatoms. The zero-order valence-corrected chi connectivity index (χ0v) is 6.06. The first kappa shape index (κ1) is 8.39. The van der Waals surface area contributed by atoms with Crippen molar-refractivity contribution in [1.29, 1.82) is 0 Å². The summed E-state index contributed by atoms with van der Waals surface area (Å²) in [6.45, 7) is 1.17. The van der Waals surface area contributed by atoms with Crippen molar-refractivity contribution in [3.8, 4) is 0 Å². The molecular formula is C7H10O4. The molecule has 0 aromatic carbocycles. The van der Waals surface area contributed by atoms with Crippen LogP contribution in [0.25, 0.3) is 0 Å². The average molecular weight is 158 g/mol. The second-order valence-corrected chi connectivity index (χ2v) is 2.81. The van der Waals surface area contributed by atoms with E-state index in [9.17, 15) is 9.90 Å². The van der Waals surface area contributed by atoms with Gasteiger partial charge in [0.1, 0.15) is 12.2 Å². The largest absolute Gasteiger partial charge is 0.387 e. The molecule has 0 aromatic heterocycles. The van der Waals surface area contributed by atoms with Crippen molar-refractivity contribution in [3.63, 3.8) is 0 Å². The summed E-state index contributed by atoms with van der Waals surface area (Å²) in [5.41, 5.74) is -1.85. The first-order valence-electron chi connectivity index (χ1n) is 3.27. The quantitative estimate of drug-likeness (QED) is 0.405. The first-order valence-corrected chi connectivity index (χ1v) is 3.27. The van der Waals surface area contributed by atoms with Crippen LogP contribution in [0, 0.1) is 0 Å². The highest BCUT2D eigenvalue weighted by Crippen LogP contribution is 2.20. The van der Waals surface area contributed by atoms with Gasteiger partial charge in [-0.3, -0.25) is 4.79 Å². The van der Waals surface area contributed by atoms with Gasteiger partial charge in [-0.25, -0.2) is 0 Å². The molecular weight excluding hydrogens is 148 g/mol. The van der Waals surface area contributed by atoms with Crippen molar-refractivity contribution in [1.82, 2.24) is 0 Å². The third-order valence-corrected chi connectivity index (χ3v) is 1.84. The number of aliphatic hydroxyl groups is 3. The third-order valence-electron chi connectivity index (χ3n) is 1.84. The van der Waals surface area contributed by atoms with Crippen molar-refractivity contribution in [2.45, 2.75) is 24.7 Å². The van der Waals surface area contributed by atoms with Crippen LogP contribution in [-0.2, 0) is 4.79 Å². The highest BCUT2D eigenvalue weighted by Gasteiger charge is 2.42. The Bertz CT molecular complexity index is 206. The second kappa shape index (κ2) is 2.41. The van der Waals surface area contributed by atoms with Gasteiger partial charge < -0.3 is 15.3 Å². The van der Waals surface area contributed by atoms with E-state index in [-0.39, 0.29) is 0 Å². The van der Waals surface area contributed by atoms with Gasteiger partial charge in [-0.2, -0.15) is 0 Å². The van der Waals surface area contributed by atoms with Crippen LogP contribution in [0.5, 0.6) is 0 Å². The molecule has 0 fully saturated rings. The van der Waals surface area contributed by atoms with Gasteiger partial charge in [-0.15, -0.1) is 0 Å². The Balaban J connectivity index is 2.97. The van der Waals surface area contributed by atoms with Crippen molar-refractivity contribution in [2.75, 3.05) is 0 Å². The summed E-state index contributed by atoms with van der Waals surface area (Å²) in [5.74, 6) is -0.588. The van der Waals surface area contributed by atoms with E-state index in [1.165, 1.54) is 6.92 Å². The summed E-state index contributed by atoms with van der Waals surface area (Å²) in [6, 6.07) is 0. The molecule has 4 nitrogen and oxygen atoms in total.